The van der Waals surface area contributed by atoms with E-state index in [0.717, 1.165) is 26.2 Å². The van der Waals surface area contributed by atoms with E-state index in [9.17, 15) is 9.59 Å². The number of amides is 2. The summed E-state index contributed by atoms with van der Waals surface area (Å²) >= 11 is 1.40. The van der Waals surface area contributed by atoms with Crippen LogP contribution in [0, 0.1) is 0 Å². The molecule has 29 heavy (non-hydrogen) atoms. The number of nitrogens with zero attached hydrogens (tertiary/aromatic N) is 5. The third-order valence-corrected chi connectivity index (χ3v) is 5.96. The minimum absolute atomic E-state index is 0.126. The zero-order valence-corrected chi connectivity index (χ0v) is 18.0. The molecule has 9 heteroatoms. The molecular formula is C20H28N6O2S. The first-order valence-corrected chi connectivity index (χ1v) is 10.9. The average Bonchev–Trinajstić information content (AvgIpc) is 3.16. The van der Waals surface area contributed by atoms with Gasteiger partial charge in [0.15, 0.2) is 11.0 Å². The molecule has 156 valence electrons. The summed E-state index contributed by atoms with van der Waals surface area (Å²) in [6, 6.07) is 8.80. The molecule has 1 aromatic heterocycles. The van der Waals surface area contributed by atoms with E-state index < -0.39 is 0 Å². The van der Waals surface area contributed by atoms with Crippen LogP contribution in [-0.4, -0.2) is 75.4 Å². The van der Waals surface area contributed by atoms with Crippen molar-refractivity contribution >= 4 is 23.6 Å². The Labute approximate surface area is 175 Å². The second kappa shape index (κ2) is 9.89. The molecule has 1 aromatic carbocycles. The SMILES string of the molecule is CCn1c(SCC(=O)N2CCN(C)CC2)nnc1C(C)NC(=O)c1ccccc1. The molecule has 3 rings (SSSR count). The van der Waals surface area contributed by atoms with Gasteiger partial charge < -0.3 is 19.7 Å². The Morgan fingerprint density at radius 3 is 2.48 bits per heavy atom. The number of carbonyl (C=O) groups is 2. The van der Waals surface area contributed by atoms with Gasteiger partial charge in [-0.3, -0.25) is 9.59 Å². The number of benzene rings is 1. The van der Waals surface area contributed by atoms with Crippen molar-refractivity contribution in [1.82, 2.24) is 29.9 Å². The molecule has 0 bridgehead atoms. The lowest BCUT2D eigenvalue weighted by Crippen LogP contribution is -2.47. The van der Waals surface area contributed by atoms with Crippen LogP contribution in [0.3, 0.4) is 0 Å². The molecule has 1 unspecified atom stereocenters. The van der Waals surface area contributed by atoms with Crippen LogP contribution in [-0.2, 0) is 11.3 Å². The summed E-state index contributed by atoms with van der Waals surface area (Å²) in [5.74, 6) is 1.00. The highest BCUT2D eigenvalue weighted by molar-refractivity contribution is 7.99. The molecule has 0 radical (unpaired) electrons. The van der Waals surface area contributed by atoms with Crippen molar-refractivity contribution in [3.05, 3.63) is 41.7 Å². The monoisotopic (exact) mass is 416 g/mol. The molecule has 1 aliphatic heterocycles. The van der Waals surface area contributed by atoms with E-state index in [1.165, 1.54) is 11.8 Å². The molecule has 2 aromatic rings. The number of likely N-dealkylation sites (N-methyl/N-ethyl adjacent to an activating group) is 1. The van der Waals surface area contributed by atoms with Gasteiger partial charge in [0.2, 0.25) is 5.91 Å². The first-order chi connectivity index (χ1) is 14.0. The van der Waals surface area contributed by atoms with Gasteiger partial charge in [0.25, 0.3) is 5.91 Å². The lowest BCUT2D eigenvalue weighted by Gasteiger charge is -2.32. The molecule has 1 fully saturated rings. The third kappa shape index (κ3) is 5.36. The summed E-state index contributed by atoms with van der Waals surface area (Å²) < 4.78 is 1.96. The van der Waals surface area contributed by atoms with Crippen LogP contribution in [0.15, 0.2) is 35.5 Å². The fraction of sp³-hybridized carbons (Fsp3) is 0.500. The number of rotatable bonds is 7. The second-order valence-electron chi connectivity index (χ2n) is 7.12. The van der Waals surface area contributed by atoms with Crippen LogP contribution >= 0.6 is 11.8 Å². The van der Waals surface area contributed by atoms with Crippen LogP contribution in [0.5, 0.6) is 0 Å². The molecule has 0 saturated carbocycles. The minimum Gasteiger partial charge on any atom is -0.342 e. The molecule has 2 heterocycles. The van der Waals surface area contributed by atoms with Gasteiger partial charge in [-0.2, -0.15) is 0 Å². The lowest BCUT2D eigenvalue weighted by atomic mass is 10.2. The smallest absolute Gasteiger partial charge is 0.251 e. The van der Waals surface area contributed by atoms with E-state index in [2.05, 4.69) is 27.5 Å². The molecule has 1 saturated heterocycles. The summed E-state index contributed by atoms with van der Waals surface area (Å²) in [7, 11) is 2.07. The van der Waals surface area contributed by atoms with E-state index >= 15 is 0 Å². The van der Waals surface area contributed by atoms with Gasteiger partial charge >= 0.3 is 0 Å². The molecule has 1 atom stereocenters. The number of thioether (sulfide) groups is 1. The highest BCUT2D eigenvalue weighted by Gasteiger charge is 2.22. The number of hydrogen-bond acceptors (Lipinski definition) is 6. The largest absolute Gasteiger partial charge is 0.342 e. The van der Waals surface area contributed by atoms with Crippen LogP contribution in [0.2, 0.25) is 0 Å². The Morgan fingerprint density at radius 2 is 1.83 bits per heavy atom. The van der Waals surface area contributed by atoms with Gasteiger partial charge in [-0.25, -0.2) is 0 Å². The zero-order valence-electron chi connectivity index (χ0n) is 17.2. The Hall–Kier alpha value is -2.39. The predicted molar refractivity (Wildman–Crippen MR) is 113 cm³/mol. The Bertz CT molecular complexity index is 833. The van der Waals surface area contributed by atoms with Crippen molar-refractivity contribution in [2.75, 3.05) is 39.0 Å². The standard InChI is InChI=1S/C20H28N6O2S/c1-4-26-18(15(2)21-19(28)16-8-6-5-7-9-16)22-23-20(26)29-14-17(27)25-12-10-24(3)11-13-25/h5-9,15H,4,10-14H2,1-3H3,(H,21,28). The lowest BCUT2D eigenvalue weighted by molar-refractivity contribution is -0.129. The Kier molecular flexibility index (Phi) is 7.27. The van der Waals surface area contributed by atoms with Crippen molar-refractivity contribution < 1.29 is 9.59 Å². The minimum atomic E-state index is -0.294. The fourth-order valence-electron chi connectivity index (χ4n) is 3.23. The summed E-state index contributed by atoms with van der Waals surface area (Å²) in [5, 5.41) is 12.2. The zero-order chi connectivity index (χ0) is 20.8. The van der Waals surface area contributed by atoms with Crippen molar-refractivity contribution in [1.29, 1.82) is 0 Å². The Balaban J connectivity index is 1.60. The van der Waals surface area contributed by atoms with E-state index in [-0.39, 0.29) is 17.9 Å². The van der Waals surface area contributed by atoms with Gasteiger partial charge in [0.05, 0.1) is 11.8 Å². The maximum Gasteiger partial charge on any atom is 0.251 e. The highest BCUT2D eigenvalue weighted by atomic mass is 32.2. The van der Waals surface area contributed by atoms with Gasteiger partial charge in [-0.1, -0.05) is 30.0 Å². The predicted octanol–water partition coefficient (Wildman–Crippen LogP) is 1.66. The molecular weight excluding hydrogens is 388 g/mol. The van der Waals surface area contributed by atoms with Crippen LogP contribution < -0.4 is 5.32 Å². The summed E-state index contributed by atoms with van der Waals surface area (Å²) in [4.78, 5) is 29.0. The molecule has 1 aliphatic rings. The number of aromatic nitrogens is 3. The van der Waals surface area contributed by atoms with E-state index in [4.69, 9.17) is 0 Å². The maximum atomic E-state index is 12.5. The number of nitrogens with one attached hydrogen (secondary N) is 1. The van der Waals surface area contributed by atoms with Crippen molar-refractivity contribution in [3.63, 3.8) is 0 Å². The molecule has 8 nitrogen and oxygen atoms in total. The Morgan fingerprint density at radius 1 is 1.14 bits per heavy atom. The quantitative estimate of drug-likeness (QED) is 0.691. The molecule has 0 aliphatic carbocycles. The summed E-state index contributed by atoms with van der Waals surface area (Å²) in [6.45, 7) is 7.91. The van der Waals surface area contributed by atoms with Crippen molar-refractivity contribution in [2.45, 2.75) is 31.6 Å². The first-order valence-electron chi connectivity index (χ1n) is 9.87. The topological polar surface area (TPSA) is 83.4 Å². The molecule has 0 spiro atoms. The van der Waals surface area contributed by atoms with Gasteiger partial charge in [-0.15, -0.1) is 10.2 Å². The van der Waals surface area contributed by atoms with Crippen LogP contribution in [0.4, 0.5) is 0 Å². The number of hydrogen-bond donors (Lipinski definition) is 1. The van der Waals surface area contributed by atoms with Crippen molar-refractivity contribution in [3.8, 4) is 0 Å². The van der Waals surface area contributed by atoms with E-state index in [0.29, 0.717) is 28.8 Å². The summed E-state index contributed by atoms with van der Waals surface area (Å²) in [5.41, 5.74) is 0.606. The van der Waals surface area contributed by atoms with E-state index in [1.54, 1.807) is 12.1 Å². The number of piperazine rings is 1. The van der Waals surface area contributed by atoms with Gasteiger partial charge in [0.1, 0.15) is 0 Å². The third-order valence-electron chi connectivity index (χ3n) is 5.01. The molecule has 1 N–H and O–H groups in total. The van der Waals surface area contributed by atoms with Crippen LogP contribution in [0.25, 0.3) is 0 Å². The first kappa shape index (κ1) is 21.3. The highest BCUT2D eigenvalue weighted by Crippen LogP contribution is 2.21. The molecule has 2 amide bonds. The summed E-state index contributed by atoms with van der Waals surface area (Å²) in [6.07, 6.45) is 0. The van der Waals surface area contributed by atoms with Gasteiger partial charge in [-0.05, 0) is 33.0 Å². The van der Waals surface area contributed by atoms with Crippen molar-refractivity contribution in [2.24, 2.45) is 0 Å². The average molecular weight is 417 g/mol. The fourth-order valence-corrected chi connectivity index (χ4v) is 4.14. The second-order valence-corrected chi connectivity index (χ2v) is 8.06. The van der Waals surface area contributed by atoms with Gasteiger partial charge in [0, 0.05) is 38.3 Å². The van der Waals surface area contributed by atoms with Crippen LogP contribution in [0.1, 0.15) is 36.1 Å². The normalized spacial score (nSPS) is 15.9. The van der Waals surface area contributed by atoms with E-state index in [1.807, 2.05) is 41.5 Å². The number of carbonyl (C=O) groups excluding carboxylic acids is 2. The maximum absolute atomic E-state index is 12.5.